The van der Waals surface area contributed by atoms with E-state index in [1.807, 2.05) is 12.1 Å². The number of unbranched alkanes of at least 4 members (excludes halogenated alkanes) is 9. The normalized spacial score (nSPS) is 10.7. The van der Waals surface area contributed by atoms with Crippen LogP contribution in [0.4, 0.5) is 0 Å². The van der Waals surface area contributed by atoms with E-state index < -0.39 is 0 Å². The molecule has 2 aromatic heterocycles. The molecule has 0 fully saturated rings. The van der Waals surface area contributed by atoms with Gasteiger partial charge >= 0.3 is 0 Å². The SMILES string of the molecule is C#CC#CC#CC#CC#CC#COc1c2ccccc2c2c3ccccc3nc3c4c(OCCCCCCCCCCCC)c5ccccc5c5c6ccccc6nc(c1c32)c45.[HH].[HH].[HH].[HH].[HH].[HH].[HH].[HH].[HH].[HH].[HH].[HH]. The van der Waals surface area contributed by atoms with Crippen molar-refractivity contribution >= 4 is 86.7 Å². The van der Waals surface area contributed by atoms with Gasteiger partial charge in [0, 0.05) is 89.8 Å². The Bertz CT molecular complexity index is 3620. The summed E-state index contributed by atoms with van der Waals surface area (Å²) in [5.41, 5.74) is 3.45. The molecule has 0 N–H and O–H groups in total. The average Bonchev–Trinajstić information content (AvgIpc) is 3.31. The monoisotopic (exact) mass is 823 g/mol. The van der Waals surface area contributed by atoms with Crippen LogP contribution in [0.15, 0.2) is 97.1 Å². The van der Waals surface area contributed by atoms with E-state index in [1.54, 1.807) is 0 Å². The average molecular weight is 823 g/mol. The van der Waals surface area contributed by atoms with Crippen LogP contribution in [0.3, 0.4) is 0 Å². The molecule has 9 aromatic rings. The number of hydrogen-bond donors (Lipinski definition) is 0. The zero-order chi connectivity index (χ0) is 42.1. The summed E-state index contributed by atoms with van der Waals surface area (Å²) in [6.45, 7) is 2.88. The highest BCUT2D eigenvalue weighted by molar-refractivity contribution is 6.45. The molecule has 62 heavy (non-hydrogen) atoms. The van der Waals surface area contributed by atoms with Gasteiger partial charge < -0.3 is 9.47 Å². The summed E-state index contributed by atoms with van der Waals surface area (Å²) in [7, 11) is 0. The van der Waals surface area contributed by atoms with E-state index >= 15 is 0 Å². The van der Waals surface area contributed by atoms with Crippen molar-refractivity contribution in [2.75, 3.05) is 6.61 Å². The van der Waals surface area contributed by atoms with Gasteiger partial charge in [-0.1, -0.05) is 150 Å². The third-order valence-corrected chi connectivity index (χ3v) is 11.6. The highest BCUT2D eigenvalue weighted by Crippen LogP contribution is 2.53. The molecule has 2 heterocycles. The number of ether oxygens (including phenoxy) is 2. The Hall–Kier alpha value is -7.86. The van der Waals surface area contributed by atoms with Crippen molar-refractivity contribution in [2.24, 2.45) is 0 Å². The van der Waals surface area contributed by atoms with E-state index in [1.165, 1.54) is 51.4 Å². The molecule has 0 unspecified atom stereocenters. The van der Waals surface area contributed by atoms with Crippen LogP contribution in [-0.4, -0.2) is 16.6 Å². The summed E-state index contributed by atoms with van der Waals surface area (Å²) in [4.78, 5) is 11.1. The Morgan fingerprint density at radius 2 is 0.855 bits per heavy atom. The van der Waals surface area contributed by atoms with E-state index in [0.717, 1.165) is 105 Å². The van der Waals surface area contributed by atoms with Crippen LogP contribution in [-0.2, 0) is 0 Å². The number of hydrogen-bond acceptors (Lipinski definition) is 4. The first-order chi connectivity index (χ1) is 30.8. The zero-order valence-electron chi connectivity index (χ0n) is 34.8. The molecular formula is C58H66N2O2. The second-order valence-electron chi connectivity index (χ2n) is 15.5. The maximum Gasteiger partial charge on any atom is 0.158 e. The molecule has 0 radical (unpaired) electrons. The van der Waals surface area contributed by atoms with Crippen molar-refractivity contribution in [1.82, 2.24) is 9.97 Å². The van der Waals surface area contributed by atoms with Crippen molar-refractivity contribution in [2.45, 2.75) is 71.1 Å². The summed E-state index contributed by atoms with van der Waals surface area (Å²) in [6.07, 6.45) is 20.6. The van der Waals surface area contributed by atoms with Gasteiger partial charge in [-0.2, -0.15) is 0 Å². The molecule has 0 amide bonds. The zero-order valence-corrected chi connectivity index (χ0v) is 34.8. The molecule has 9 rings (SSSR count). The first kappa shape index (κ1) is 39.6. The van der Waals surface area contributed by atoms with Crippen LogP contribution in [0.5, 0.6) is 11.5 Å². The Morgan fingerprint density at radius 3 is 1.39 bits per heavy atom. The van der Waals surface area contributed by atoms with Crippen LogP contribution in [0.1, 0.15) is 88.3 Å². The molecule has 0 spiro atoms. The smallest absolute Gasteiger partial charge is 0.158 e. The number of pyridine rings is 2. The van der Waals surface area contributed by atoms with Gasteiger partial charge in [0.2, 0.25) is 0 Å². The summed E-state index contributed by atoms with van der Waals surface area (Å²) >= 11 is 0. The van der Waals surface area contributed by atoms with Gasteiger partial charge in [-0.05, 0) is 58.9 Å². The van der Waals surface area contributed by atoms with Gasteiger partial charge in [-0.15, -0.1) is 6.42 Å². The Morgan fingerprint density at radius 1 is 0.435 bits per heavy atom. The molecule has 0 saturated heterocycles. The molecule has 0 aliphatic carbocycles. The molecule has 0 aliphatic heterocycles. The lowest BCUT2D eigenvalue weighted by atomic mass is 9.86. The maximum absolute atomic E-state index is 7.07. The predicted octanol–water partition coefficient (Wildman–Crippen LogP) is 16.4. The summed E-state index contributed by atoms with van der Waals surface area (Å²) in [5.74, 6) is 27.4. The van der Waals surface area contributed by atoms with Crippen LogP contribution < -0.4 is 9.47 Å². The van der Waals surface area contributed by atoms with E-state index in [-0.39, 0.29) is 17.1 Å². The maximum atomic E-state index is 7.07. The summed E-state index contributed by atoms with van der Waals surface area (Å²) in [6, 6.07) is 33.7. The molecule has 320 valence electrons. The quantitative estimate of drug-likeness (QED) is 0.0503. The van der Waals surface area contributed by atoms with E-state index in [9.17, 15) is 0 Å². The largest absolute Gasteiger partial charge is 0.492 e. The third kappa shape index (κ3) is 7.58. The highest BCUT2D eigenvalue weighted by atomic mass is 16.5. The van der Waals surface area contributed by atoms with E-state index in [0.29, 0.717) is 12.4 Å². The molecule has 4 heteroatoms. The Balaban J connectivity index is -0.00000204. The number of aromatic nitrogens is 2. The predicted molar refractivity (Wildman–Crippen MR) is 284 cm³/mol. The Labute approximate surface area is 380 Å². The van der Waals surface area contributed by atoms with Crippen molar-refractivity contribution in [3.05, 3.63) is 97.1 Å². The first-order valence-corrected chi connectivity index (χ1v) is 21.6. The van der Waals surface area contributed by atoms with Crippen molar-refractivity contribution in [1.29, 1.82) is 0 Å². The number of fused-ring (bicyclic) bond motifs is 10. The number of benzene rings is 7. The van der Waals surface area contributed by atoms with Gasteiger partial charge in [-0.25, -0.2) is 9.97 Å². The van der Waals surface area contributed by atoms with Gasteiger partial charge in [0.15, 0.2) is 5.75 Å². The fraction of sp³-hybridized carbons (Fsp3) is 0.207. The van der Waals surface area contributed by atoms with Gasteiger partial charge in [0.25, 0.3) is 0 Å². The lowest BCUT2D eigenvalue weighted by Crippen LogP contribution is -2.03. The molecule has 0 aliphatic rings. The molecule has 7 aromatic carbocycles. The van der Waals surface area contributed by atoms with Crippen LogP contribution >= 0.6 is 0 Å². The minimum absolute atomic E-state index is 0. The summed E-state index contributed by atoms with van der Waals surface area (Å²) in [5, 5.41) is 12.2. The lowest BCUT2D eigenvalue weighted by molar-refractivity contribution is 0.311. The fourth-order valence-electron chi connectivity index (χ4n) is 8.96. The van der Waals surface area contributed by atoms with Gasteiger partial charge in [0.1, 0.15) is 11.9 Å². The molecular weight excluding hydrogens is 757 g/mol. The molecule has 0 atom stereocenters. The number of terminal acetylenes is 1. The fourth-order valence-corrected chi connectivity index (χ4v) is 8.96. The highest BCUT2D eigenvalue weighted by Gasteiger charge is 2.28. The number of nitrogens with zero attached hydrogens (tertiary/aromatic N) is 2. The van der Waals surface area contributed by atoms with Gasteiger partial charge in [0.05, 0.1) is 39.4 Å². The minimum Gasteiger partial charge on any atom is -0.492 e. The van der Waals surface area contributed by atoms with Gasteiger partial charge in [-0.3, -0.25) is 0 Å². The lowest BCUT2D eigenvalue weighted by Gasteiger charge is -2.23. The third-order valence-electron chi connectivity index (χ3n) is 11.6. The van der Waals surface area contributed by atoms with E-state index in [4.69, 9.17) is 25.9 Å². The Kier molecular flexibility index (Phi) is 11.9. The standard InChI is InChI=1S/C58H42N2O2.12H2/c1-3-5-7-9-11-13-15-17-19-29-39-61-57-43-33-23-21-31-41(43)49-45-35-25-28-38-48(45)60-56-51(49)53(57)55-52-50(46-36-26-27-37-47(46)59-55)42-32-22-24-34-44(42)58(54(52)56)62-40-30-20-18-16-14-12-10-8-6-4-2;;;;;;;;;;;;/h1,21-28,31-38H,4,6,8,10,12,14,16,18,20,30,40H2,2H3;12*1H. The second kappa shape index (κ2) is 18.6. The molecule has 0 saturated carbocycles. The molecule has 4 nitrogen and oxygen atoms in total. The molecule has 0 bridgehead atoms. The van der Waals surface area contributed by atoms with Crippen LogP contribution in [0.25, 0.3) is 86.7 Å². The first-order valence-electron chi connectivity index (χ1n) is 21.6. The topological polar surface area (TPSA) is 44.2 Å². The van der Waals surface area contributed by atoms with E-state index in [2.05, 4.69) is 157 Å². The van der Waals surface area contributed by atoms with Crippen LogP contribution in [0, 0.1) is 71.7 Å². The summed E-state index contributed by atoms with van der Waals surface area (Å²) < 4.78 is 13.6. The van der Waals surface area contributed by atoms with Crippen molar-refractivity contribution < 1.29 is 26.6 Å². The minimum atomic E-state index is 0. The van der Waals surface area contributed by atoms with Crippen molar-refractivity contribution in [3.63, 3.8) is 0 Å². The number of rotatable bonds is 13. The second-order valence-corrected chi connectivity index (χ2v) is 15.5. The number of para-hydroxylation sites is 2. The van der Waals surface area contributed by atoms with Crippen molar-refractivity contribution in [3.8, 4) is 83.2 Å². The van der Waals surface area contributed by atoms with Crippen LogP contribution in [0.2, 0.25) is 0 Å².